The molecular weight excluding hydrogens is 296 g/mol. The lowest BCUT2D eigenvalue weighted by Crippen LogP contribution is -1.85. The number of halogens is 1. The molecule has 3 rings (SSSR count). The van der Waals surface area contributed by atoms with Crippen molar-refractivity contribution in [3.8, 4) is 11.5 Å². The van der Waals surface area contributed by atoms with Gasteiger partial charge in [-0.1, -0.05) is 16.8 Å². The van der Waals surface area contributed by atoms with Crippen LogP contribution in [-0.4, -0.2) is 10.1 Å². The minimum atomic E-state index is 0.510. The molecule has 0 N–H and O–H groups in total. The first-order valence-electron chi connectivity index (χ1n) is 6.00. The molecule has 0 fully saturated rings. The summed E-state index contributed by atoms with van der Waals surface area (Å²) >= 11 is 7.52. The Labute approximate surface area is 125 Å². The van der Waals surface area contributed by atoms with Crippen LogP contribution in [0, 0.1) is 0 Å². The second kappa shape index (κ2) is 6.15. The predicted molar refractivity (Wildman–Crippen MR) is 78.5 cm³/mol. The minimum absolute atomic E-state index is 0.510. The van der Waals surface area contributed by atoms with Gasteiger partial charge in [-0.25, -0.2) is 0 Å². The van der Waals surface area contributed by atoms with E-state index in [4.69, 9.17) is 20.5 Å². The quantitative estimate of drug-likeness (QED) is 0.698. The largest absolute Gasteiger partial charge is 0.468 e. The molecule has 102 valence electrons. The summed E-state index contributed by atoms with van der Waals surface area (Å²) in [7, 11) is 0. The van der Waals surface area contributed by atoms with E-state index >= 15 is 0 Å². The molecule has 0 spiro atoms. The highest BCUT2D eigenvalue weighted by molar-refractivity contribution is 7.97. The number of rotatable bonds is 5. The van der Waals surface area contributed by atoms with Crippen molar-refractivity contribution in [2.75, 3.05) is 0 Å². The van der Waals surface area contributed by atoms with Crippen molar-refractivity contribution in [2.45, 2.75) is 11.5 Å². The van der Waals surface area contributed by atoms with Crippen molar-refractivity contribution in [2.24, 2.45) is 0 Å². The fraction of sp³-hybridized carbons (Fsp3) is 0.143. The molecule has 2 aromatic heterocycles. The van der Waals surface area contributed by atoms with Crippen molar-refractivity contribution in [1.82, 2.24) is 10.1 Å². The van der Waals surface area contributed by atoms with Crippen LogP contribution in [0.1, 0.15) is 11.6 Å². The van der Waals surface area contributed by atoms with E-state index in [1.54, 1.807) is 30.2 Å². The summed E-state index contributed by atoms with van der Waals surface area (Å²) in [6.45, 7) is 0. The van der Waals surface area contributed by atoms with Crippen LogP contribution in [-0.2, 0) is 11.5 Å². The molecule has 4 nitrogen and oxygen atoms in total. The maximum absolute atomic E-state index is 5.84. The van der Waals surface area contributed by atoms with Crippen LogP contribution in [0.25, 0.3) is 11.5 Å². The zero-order chi connectivity index (χ0) is 13.8. The Morgan fingerprint density at radius 2 is 1.95 bits per heavy atom. The van der Waals surface area contributed by atoms with Gasteiger partial charge in [0.05, 0.1) is 17.8 Å². The Morgan fingerprint density at radius 1 is 1.10 bits per heavy atom. The summed E-state index contributed by atoms with van der Waals surface area (Å²) in [6, 6.07) is 11.1. The van der Waals surface area contributed by atoms with Crippen LogP contribution < -0.4 is 0 Å². The first-order valence-corrected chi connectivity index (χ1v) is 7.53. The van der Waals surface area contributed by atoms with Crippen LogP contribution >= 0.6 is 23.4 Å². The van der Waals surface area contributed by atoms with Crippen LogP contribution in [0.15, 0.2) is 51.6 Å². The Morgan fingerprint density at radius 3 is 2.70 bits per heavy atom. The van der Waals surface area contributed by atoms with Crippen molar-refractivity contribution in [3.05, 3.63) is 59.3 Å². The van der Waals surface area contributed by atoms with Gasteiger partial charge in [0.15, 0.2) is 5.82 Å². The molecule has 2 heterocycles. The summed E-state index contributed by atoms with van der Waals surface area (Å²) < 4.78 is 10.5. The number of aromatic nitrogens is 2. The fourth-order valence-electron chi connectivity index (χ4n) is 1.66. The lowest BCUT2D eigenvalue weighted by molar-refractivity contribution is 0.425. The van der Waals surface area contributed by atoms with E-state index in [-0.39, 0.29) is 0 Å². The maximum atomic E-state index is 5.84. The van der Waals surface area contributed by atoms with Gasteiger partial charge in [-0.05, 0) is 36.4 Å². The molecule has 0 saturated carbocycles. The van der Waals surface area contributed by atoms with Crippen LogP contribution in [0.4, 0.5) is 0 Å². The summed E-state index contributed by atoms with van der Waals surface area (Å²) in [4.78, 5) is 4.36. The van der Waals surface area contributed by atoms with Gasteiger partial charge in [0.25, 0.3) is 5.89 Å². The van der Waals surface area contributed by atoms with Gasteiger partial charge in [-0.2, -0.15) is 4.98 Å². The normalized spacial score (nSPS) is 10.8. The smallest absolute Gasteiger partial charge is 0.257 e. The average Bonchev–Trinajstić information content (AvgIpc) is 3.11. The lowest BCUT2D eigenvalue weighted by Gasteiger charge is -1.94. The second-order valence-corrected chi connectivity index (χ2v) is 5.52. The van der Waals surface area contributed by atoms with Crippen LogP contribution in [0.3, 0.4) is 0 Å². The zero-order valence-electron chi connectivity index (χ0n) is 10.5. The number of nitrogens with zero attached hydrogens (tertiary/aromatic N) is 2. The van der Waals surface area contributed by atoms with Gasteiger partial charge in [0, 0.05) is 10.6 Å². The molecule has 0 amide bonds. The molecule has 1 aromatic carbocycles. The first kappa shape index (κ1) is 13.3. The minimum Gasteiger partial charge on any atom is -0.468 e. The van der Waals surface area contributed by atoms with Gasteiger partial charge >= 0.3 is 0 Å². The van der Waals surface area contributed by atoms with Crippen molar-refractivity contribution >= 4 is 23.4 Å². The molecule has 0 bridgehead atoms. The summed E-state index contributed by atoms with van der Waals surface area (Å²) in [5.74, 6) is 3.59. The van der Waals surface area contributed by atoms with Crippen LogP contribution in [0.2, 0.25) is 5.02 Å². The molecule has 0 unspecified atom stereocenters. The fourth-order valence-corrected chi connectivity index (χ4v) is 2.55. The number of thioether (sulfide) groups is 1. The molecule has 0 radical (unpaired) electrons. The summed E-state index contributed by atoms with van der Waals surface area (Å²) in [6.07, 6.45) is 1.67. The van der Waals surface area contributed by atoms with Gasteiger partial charge < -0.3 is 8.94 Å². The third-order valence-electron chi connectivity index (χ3n) is 2.61. The maximum Gasteiger partial charge on any atom is 0.257 e. The number of hydrogen-bond acceptors (Lipinski definition) is 5. The highest BCUT2D eigenvalue weighted by Gasteiger charge is 2.09. The Hall–Kier alpha value is -1.72. The van der Waals surface area contributed by atoms with E-state index in [0.29, 0.717) is 22.5 Å². The second-order valence-electron chi connectivity index (χ2n) is 4.09. The third-order valence-corrected chi connectivity index (χ3v) is 3.82. The average molecular weight is 307 g/mol. The van der Waals surface area contributed by atoms with E-state index in [1.807, 2.05) is 24.3 Å². The molecule has 0 atom stereocenters. The lowest BCUT2D eigenvalue weighted by atomic mass is 10.2. The zero-order valence-corrected chi connectivity index (χ0v) is 12.0. The molecular formula is C14H11ClN2O2S. The molecule has 0 aliphatic rings. The van der Waals surface area contributed by atoms with E-state index in [2.05, 4.69) is 10.1 Å². The van der Waals surface area contributed by atoms with Gasteiger partial charge in [0.1, 0.15) is 5.76 Å². The monoisotopic (exact) mass is 306 g/mol. The molecule has 20 heavy (non-hydrogen) atoms. The van der Waals surface area contributed by atoms with Gasteiger partial charge in [-0.15, -0.1) is 11.8 Å². The van der Waals surface area contributed by atoms with E-state index in [1.165, 1.54) is 0 Å². The van der Waals surface area contributed by atoms with Gasteiger partial charge in [-0.3, -0.25) is 0 Å². The SMILES string of the molecule is Clc1ccc(-c2nc(CSCc3ccco3)no2)cc1. The van der Waals surface area contributed by atoms with E-state index in [9.17, 15) is 0 Å². The predicted octanol–water partition coefficient (Wildman–Crippen LogP) is 4.42. The highest BCUT2D eigenvalue weighted by Crippen LogP contribution is 2.22. The molecule has 0 aliphatic heterocycles. The molecule has 0 aliphatic carbocycles. The molecule has 3 aromatic rings. The number of furan rings is 1. The topological polar surface area (TPSA) is 52.1 Å². The van der Waals surface area contributed by atoms with Crippen molar-refractivity contribution in [1.29, 1.82) is 0 Å². The molecule has 6 heteroatoms. The summed E-state index contributed by atoms with van der Waals surface area (Å²) in [5, 5.41) is 4.65. The van der Waals surface area contributed by atoms with E-state index < -0.39 is 0 Å². The summed E-state index contributed by atoms with van der Waals surface area (Å²) in [5.41, 5.74) is 0.865. The van der Waals surface area contributed by atoms with Crippen molar-refractivity contribution < 1.29 is 8.94 Å². The third kappa shape index (κ3) is 3.23. The van der Waals surface area contributed by atoms with E-state index in [0.717, 1.165) is 17.1 Å². The van der Waals surface area contributed by atoms with Gasteiger partial charge in [0.2, 0.25) is 0 Å². The standard InChI is InChI=1S/C14H11ClN2O2S/c15-11-5-3-10(4-6-11)14-16-13(17-19-14)9-20-8-12-2-1-7-18-12/h1-7H,8-9H2. The molecule has 0 saturated heterocycles. The Balaban J connectivity index is 1.60. The number of hydrogen-bond donors (Lipinski definition) is 0. The van der Waals surface area contributed by atoms with Crippen LogP contribution in [0.5, 0.6) is 0 Å². The first-order chi connectivity index (χ1) is 9.81. The Bertz CT molecular complexity index is 665. The highest BCUT2D eigenvalue weighted by atomic mass is 35.5. The number of benzene rings is 1. The van der Waals surface area contributed by atoms with Crippen molar-refractivity contribution in [3.63, 3.8) is 0 Å². The Kier molecular flexibility index (Phi) is 4.08.